The van der Waals surface area contributed by atoms with Gasteiger partial charge in [-0.05, 0) is 31.2 Å². The van der Waals surface area contributed by atoms with Crippen LogP contribution in [0.2, 0.25) is 0 Å². The van der Waals surface area contributed by atoms with Gasteiger partial charge in [0.05, 0.1) is 6.61 Å². The van der Waals surface area contributed by atoms with Crippen molar-refractivity contribution in [2.45, 2.75) is 13.0 Å². The second kappa shape index (κ2) is 6.25. The predicted molar refractivity (Wildman–Crippen MR) is 73.1 cm³/mol. The third kappa shape index (κ3) is 3.31. The van der Waals surface area contributed by atoms with E-state index >= 15 is 0 Å². The van der Waals surface area contributed by atoms with E-state index in [0.717, 1.165) is 4.90 Å². The van der Waals surface area contributed by atoms with E-state index in [-0.39, 0.29) is 19.0 Å². The summed E-state index contributed by atoms with van der Waals surface area (Å²) in [4.78, 5) is 36.0. The Morgan fingerprint density at radius 3 is 2.62 bits per heavy atom. The average Bonchev–Trinajstić information content (AvgIpc) is 2.47. The van der Waals surface area contributed by atoms with Crippen LogP contribution in [0.3, 0.4) is 0 Å². The van der Waals surface area contributed by atoms with E-state index in [1.165, 1.54) is 0 Å². The number of carbonyl (C=O) groups excluding carboxylic acids is 2. The zero-order chi connectivity index (χ0) is 15.4. The minimum atomic E-state index is -1.14. The van der Waals surface area contributed by atoms with Gasteiger partial charge < -0.3 is 20.1 Å². The molecular weight excluding hydrogens is 276 g/mol. The maximum absolute atomic E-state index is 12.4. The highest BCUT2D eigenvalue weighted by atomic mass is 16.5. The number of carbonyl (C=O) groups is 3. The van der Waals surface area contributed by atoms with E-state index in [1.807, 2.05) is 6.92 Å². The van der Waals surface area contributed by atoms with Gasteiger partial charge in [-0.2, -0.15) is 0 Å². The topological polar surface area (TPSA) is 95.9 Å². The van der Waals surface area contributed by atoms with Crippen molar-refractivity contribution >= 4 is 17.8 Å². The molecule has 1 saturated heterocycles. The van der Waals surface area contributed by atoms with Crippen LogP contribution in [-0.4, -0.2) is 53.5 Å². The smallest absolute Gasteiger partial charge is 0.328 e. The molecule has 1 atom stereocenters. The Morgan fingerprint density at radius 2 is 2.05 bits per heavy atom. The van der Waals surface area contributed by atoms with E-state index in [0.29, 0.717) is 17.9 Å². The van der Waals surface area contributed by atoms with Crippen molar-refractivity contribution in [3.05, 3.63) is 29.8 Å². The highest BCUT2D eigenvalue weighted by Gasteiger charge is 2.35. The fourth-order valence-corrected chi connectivity index (χ4v) is 2.10. The Balaban J connectivity index is 2.19. The summed E-state index contributed by atoms with van der Waals surface area (Å²) in [5.74, 6) is -1.37. The number of aliphatic carboxylic acids is 1. The van der Waals surface area contributed by atoms with Gasteiger partial charge in [0.1, 0.15) is 18.3 Å². The Morgan fingerprint density at radius 1 is 1.38 bits per heavy atom. The number of ether oxygens (including phenoxy) is 1. The third-order valence-electron chi connectivity index (χ3n) is 3.14. The van der Waals surface area contributed by atoms with Crippen LogP contribution in [0.15, 0.2) is 24.3 Å². The number of carboxylic acid groups (broad SMARTS) is 1. The third-order valence-corrected chi connectivity index (χ3v) is 3.14. The van der Waals surface area contributed by atoms with Crippen molar-refractivity contribution in [3.63, 3.8) is 0 Å². The summed E-state index contributed by atoms with van der Waals surface area (Å²) in [6.45, 7) is 2.02. The first-order valence-electron chi connectivity index (χ1n) is 6.56. The molecule has 0 aliphatic carbocycles. The molecule has 1 fully saturated rings. The second-order valence-corrected chi connectivity index (χ2v) is 4.55. The monoisotopic (exact) mass is 292 g/mol. The van der Waals surface area contributed by atoms with E-state index in [4.69, 9.17) is 9.84 Å². The fourth-order valence-electron chi connectivity index (χ4n) is 2.10. The normalized spacial score (nSPS) is 18.0. The quantitative estimate of drug-likeness (QED) is 0.821. The Kier molecular flexibility index (Phi) is 4.42. The number of hydrogen-bond donors (Lipinski definition) is 2. The second-order valence-electron chi connectivity index (χ2n) is 4.55. The Bertz CT molecular complexity index is 555. The molecule has 1 aliphatic rings. The molecule has 0 saturated carbocycles. The number of piperazine rings is 1. The maximum Gasteiger partial charge on any atom is 0.328 e. The van der Waals surface area contributed by atoms with Gasteiger partial charge in [-0.3, -0.25) is 9.59 Å². The van der Waals surface area contributed by atoms with Crippen LogP contribution in [0.5, 0.6) is 5.75 Å². The molecule has 21 heavy (non-hydrogen) atoms. The first-order valence-corrected chi connectivity index (χ1v) is 6.56. The molecule has 2 rings (SSSR count). The maximum atomic E-state index is 12.4. The molecule has 1 heterocycles. The summed E-state index contributed by atoms with van der Waals surface area (Å²) >= 11 is 0. The lowest BCUT2D eigenvalue weighted by molar-refractivity contribution is -0.144. The van der Waals surface area contributed by atoms with Gasteiger partial charge in [0.25, 0.3) is 5.91 Å². The summed E-state index contributed by atoms with van der Waals surface area (Å²) in [5, 5.41) is 11.6. The van der Waals surface area contributed by atoms with Gasteiger partial charge in [0.2, 0.25) is 5.91 Å². The number of benzene rings is 1. The Hall–Kier alpha value is -2.57. The molecule has 1 aromatic carbocycles. The van der Waals surface area contributed by atoms with E-state index < -0.39 is 17.9 Å². The number of amides is 2. The molecule has 0 bridgehead atoms. The molecule has 7 heteroatoms. The Labute approximate surface area is 121 Å². The van der Waals surface area contributed by atoms with Crippen molar-refractivity contribution in [2.24, 2.45) is 0 Å². The molecule has 0 aromatic heterocycles. The van der Waals surface area contributed by atoms with Crippen molar-refractivity contribution in [1.29, 1.82) is 0 Å². The number of nitrogens with zero attached hydrogens (tertiary/aromatic N) is 1. The van der Waals surface area contributed by atoms with Crippen LogP contribution in [-0.2, 0) is 9.59 Å². The fraction of sp³-hybridized carbons (Fsp3) is 0.357. The summed E-state index contributed by atoms with van der Waals surface area (Å²) in [5.41, 5.74) is 0.319. The highest BCUT2D eigenvalue weighted by Crippen LogP contribution is 2.16. The van der Waals surface area contributed by atoms with Gasteiger partial charge in [0, 0.05) is 12.1 Å². The number of nitrogens with one attached hydrogen (secondary N) is 1. The van der Waals surface area contributed by atoms with Crippen molar-refractivity contribution in [2.75, 3.05) is 19.7 Å². The first-order chi connectivity index (χ1) is 10.0. The van der Waals surface area contributed by atoms with E-state index in [1.54, 1.807) is 24.3 Å². The SMILES string of the molecule is CCOc1ccc(C(=O)N2CC(=O)NCC2C(=O)O)cc1. The lowest BCUT2D eigenvalue weighted by Crippen LogP contribution is -2.59. The van der Waals surface area contributed by atoms with Crippen molar-refractivity contribution in [3.8, 4) is 5.75 Å². The van der Waals surface area contributed by atoms with Gasteiger partial charge in [-0.1, -0.05) is 0 Å². The number of carboxylic acids is 1. The zero-order valence-electron chi connectivity index (χ0n) is 11.5. The summed E-state index contributed by atoms with van der Waals surface area (Å²) in [7, 11) is 0. The van der Waals surface area contributed by atoms with Crippen LogP contribution >= 0.6 is 0 Å². The van der Waals surface area contributed by atoms with Crippen molar-refractivity contribution < 1.29 is 24.2 Å². The molecule has 1 aromatic rings. The number of rotatable bonds is 4. The standard InChI is InChI=1S/C14H16N2O5/c1-2-21-10-5-3-9(4-6-10)13(18)16-8-12(17)15-7-11(16)14(19)20/h3-6,11H,2,7-8H2,1H3,(H,15,17)(H,19,20). The molecule has 0 spiro atoms. The lowest BCUT2D eigenvalue weighted by Gasteiger charge is -2.32. The van der Waals surface area contributed by atoms with Crippen LogP contribution in [0.25, 0.3) is 0 Å². The molecule has 0 radical (unpaired) electrons. The molecule has 112 valence electrons. The summed E-state index contributed by atoms with van der Waals surface area (Å²) < 4.78 is 5.28. The summed E-state index contributed by atoms with van der Waals surface area (Å²) in [6, 6.07) is 5.33. The molecule has 1 aliphatic heterocycles. The molecular formula is C14H16N2O5. The van der Waals surface area contributed by atoms with Gasteiger partial charge in [-0.25, -0.2) is 4.79 Å². The zero-order valence-corrected chi connectivity index (χ0v) is 11.5. The van der Waals surface area contributed by atoms with Crippen molar-refractivity contribution in [1.82, 2.24) is 10.2 Å². The molecule has 1 unspecified atom stereocenters. The first kappa shape index (κ1) is 14.8. The molecule has 2 amide bonds. The van der Waals surface area contributed by atoms with E-state index in [9.17, 15) is 14.4 Å². The number of hydrogen-bond acceptors (Lipinski definition) is 4. The molecule has 7 nitrogen and oxygen atoms in total. The van der Waals surface area contributed by atoms with Crippen LogP contribution < -0.4 is 10.1 Å². The highest BCUT2D eigenvalue weighted by molar-refractivity contribution is 6.00. The molecule has 2 N–H and O–H groups in total. The average molecular weight is 292 g/mol. The largest absolute Gasteiger partial charge is 0.494 e. The van der Waals surface area contributed by atoms with E-state index in [2.05, 4.69) is 5.32 Å². The van der Waals surface area contributed by atoms with Gasteiger partial charge in [0.15, 0.2) is 0 Å². The summed E-state index contributed by atoms with van der Waals surface area (Å²) in [6.07, 6.45) is 0. The minimum Gasteiger partial charge on any atom is -0.494 e. The van der Waals surface area contributed by atoms with Gasteiger partial charge >= 0.3 is 5.97 Å². The van der Waals surface area contributed by atoms with Gasteiger partial charge in [-0.15, -0.1) is 0 Å². The predicted octanol–water partition coefficient (Wildman–Crippen LogP) is 0.110. The van der Waals surface area contributed by atoms with Crippen LogP contribution in [0.1, 0.15) is 17.3 Å². The van der Waals surface area contributed by atoms with Crippen LogP contribution in [0.4, 0.5) is 0 Å². The minimum absolute atomic E-state index is 0.0864. The van der Waals surface area contributed by atoms with Crippen LogP contribution in [0, 0.1) is 0 Å². The lowest BCUT2D eigenvalue weighted by atomic mass is 10.1.